The van der Waals surface area contributed by atoms with Crippen molar-refractivity contribution in [2.45, 2.75) is 26.2 Å². The smallest absolute Gasteiger partial charge is 0.325 e. The van der Waals surface area contributed by atoms with Gasteiger partial charge in [0.15, 0.2) is 5.65 Å². The van der Waals surface area contributed by atoms with Gasteiger partial charge in [-0.05, 0) is 40.1 Å². The number of aromatic nitrogens is 3. The molecule has 36 heavy (non-hydrogen) atoms. The van der Waals surface area contributed by atoms with Crippen molar-refractivity contribution >= 4 is 39.3 Å². The van der Waals surface area contributed by atoms with Crippen LogP contribution in [0.5, 0.6) is 5.75 Å². The number of aromatic amines is 2. The fourth-order valence-corrected chi connectivity index (χ4v) is 4.40. The van der Waals surface area contributed by atoms with E-state index in [0.29, 0.717) is 22.5 Å². The Hall–Kier alpha value is -4.59. The summed E-state index contributed by atoms with van der Waals surface area (Å²) in [5.74, 6) is 0.726. The van der Waals surface area contributed by atoms with Gasteiger partial charge in [-0.25, -0.2) is 14.6 Å². The highest BCUT2D eigenvalue weighted by Gasteiger charge is 2.19. The van der Waals surface area contributed by atoms with Crippen LogP contribution >= 0.6 is 0 Å². The number of urea groups is 1. The molecule has 0 saturated heterocycles. The minimum absolute atomic E-state index is 0.0801. The lowest BCUT2D eigenvalue weighted by Gasteiger charge is -2.22. The van der Waals surface area contributed by atoms with Crippen molar-refractivity contribution in [3.05, 3.63) is 82.9 Å². The molecule has 0 aliphatic heterocycles. The Labute approximate surface area is 207 Å². The molecule has 0 aliphatic rings. The highest BCUT2D eigenvalue weighted by molar-refractivity contribution is 6.10. The van der Waals surface area contributed by atoms with Crippen LogP contribution in [0.25, 0.3) is 33.1 Å². The third-order valence-corrected chi connectivity index (χ3v) is 6.12. The summed E-state index contributed by atoms with van der Waals surface area (Å²) < 4.78 is 5.55. The number of rotatable bonds is 4. The monoisotopic (exact) mass is 481 g/mol. The van der Waals surface area contributed by atoms with Crippen LogP contribution in [-0.4, -0.2) is 28.1 Å². The number of carbonyl (C=O) groups is 1. The van der Waals surface area contributed by atoms with Gasteiger partial charge in [-0.15, -0.1) is 0 Å². The predicted octanol–water partition coefficient (Wildman–Crippen LogP) is 6.02. The maximum Gasteiger partial charge on any atom is 0.325 e. The number of imidazole rings is 1. The zero-order valence-electron chi connectivity index (χ0n) is 20.5. The van der Waals surface area contributed by atoms with Crippen molar-refractivity contribution in [2.75, 3.05) is 17.7 Å². The fourth-order valence-electron chi connectivity index (χ4n) is 4.40. The number of ether oxygens (including phenoxy) is 1. The van der Waals surface area contributed by atoms with Gasteiger partial charge in [0.2, 0.25) is 0 Å². The van der Waals surface area contributed by atoms with Crippen molar-refractivity contribution in [1.29, 1.82) is 0 Å². The van der Waals surface area contributed by atoms with Gasteiger partial charge < -0.3 is 20.4 Å². The van der Waals surface area contributed by atoms with E-state index in [-0.39, 0.29) is 17.1 Å². The van der Waals surface area contributed by atoms with Crippen LogP contribution in [0.4, 0.5) is 16.2 Å². The zero-order chi connectivity index (χ0) is 25.4. The van der Waals surface area contributed by atoms with Crippen LogP contribution in [0.2, 0.25) is 0 Å². The third-order valence-electron chi connectivity index (χ3n) is 6.12. The number of fused-ring (bicyclic) bond motifs is 2. The lowest BCUT2D eigenvalue weighted by Crippen LogP contribution is -2.20. The second kappa shape index (κ2) is 8.88. The molecule has 0 bridgehead atoms. The quantitative estimate of drug-likeness (QED) is 0.251. The van der Waals surface area contributed by atoms with Crippen LogP contribution in [0.3, 0.4) is 0 Å². The summed E-state index contributed by atoms with van der Waals surface area (Å²) in [4.78, 5) is 34.3. The van der Waals surface area contributed by atoms with Gasteiger partial charge in [0.25, 0.3) is 0 Å². The first-order valence-corrected chi connectivity index (χ1v) is 11.6. The SMILES string of the molecule is COc1cc(NC(=O)Nc2ccc(-c3cnc4[nH]c(=O)[nH]c4c3)c3ccccc23)ccc1C(C)(C)C. The van der Waals surface area contributed by atoms with E-state index in [0.717, 1.165) is 33.2 Å². The lowest BCUT2D eigenvalue weighted by molar-refractivity contribution is 0.262. The minimum atomic E-state index is -0.355. The molecule has 0 unspecified atom stereocenters. The molecule has 2 amide bonds. The van der Waals surface area contributed by atoms with E-state index in [1.807, 2.05) is 60.7 Å². The van der Waals surface area contributed by atoms with Gasteiger partial charge in [-0.3, -0.25) is 4.98 Å². The average Bonchev–Trinajstić information content (AvgIpc) is 3.22. The van der Waals surface area contributed by atoms with Crippen LogP contribution in [0.15, 0.2) is 71.7 Å². The molecule has 8 heteroatoms. The van der Waals surface area contributed by atoms with E-state index < -0.39 is 0 Å². The summed E-state index contributed by atoms with van der Waals surface area (Å²) in [5.41, 5.74) is 4.94. The van der Waals surface area contributed by atoms with Gasteiger partial charge in [-0.1, -0.05) is 57.2 Å². The Morgan fingerprint density at radius 2 is 1.72 bits per heavy atom. The molecular formula is C28H27N5O3. The van der Waals surface area contributed by atoms with E-state index in [2.05, 4.69) is 46.4 Å². The van der Waals surface area contributed by atoms with Gasteiger partial charge in [0.05, 0.1) is 18.3 Å². The Balaban J connectivity index is 1.44. The summed E-state index contributed by atoms with van der Waals surface area (Å²) in [6.45, 7) is 6.35. The number of nitrogens with zero attached hydrogens (tertiary/aromatic N) is 1. The molecule has 0 aliphatic carbocycles. The van der Waals surface area contributed by atoms with Crippen molar-refractivity contribution < 1.29 is 9.53 Å². The Kier molecular flexibility index (Phi) is 5.72. The second-order valence-electron chi connectivity index (χ2n) is 9.65. The summed E-state index contributed by atoms with van der Waals surface area (Å²) in [6.07, 6.45) is 1.72. The molecule has 3 aromatic carbocycles. The molecule has 5 aromatic rings. The van der Waals surface area contributed by atoms with Crippen LogP contribution in [0.1, 0.15) is 26.3 Å². The van der Waals surface area contributed by atoms with Crippen LogP contribution in [-0.2, 0) is 5.41 Å². The Bertz CT molecular complexity index is 1660. The number of anilines is 2. The highest BCUT2D eigenvalue weighted by Crippen LogP contribution is 2.35. The first-order chi connectivity index (χ1) is 17.2. The molecule has 5 rings (SSSR count). The van der Waals surface area contributed by atoms with Gasteiger partial charge >= 0.3 is 11.7 Å². The molecule has 0 radical (unpaired) electrons. The maximum atomic E-state index is 12.9. The summed E-state index contributed by atoms with van der Waals surface area (Å²) in [5, 5.41) is 7.70. The average molecular weight is 482 g/mol. The van der Waals surface area contributed by atoms with E-state index in [4.69, 9.17) is 4.74 Å². The number of hydrogen-bond acceptors (Lipinski definition) is 4. The van der Waals surface area contributed by atoms with Crippen LogP contribution < -0.4 is 21.1 Å². The van der Waals surface area contributed by atoms with Crippen molar-refractivity contribution in [3.8, 4) is 16.9 Å². The van der Waals surface area contributed by atoms with Crippen molar-refractivity contribution in [2.24, 2.45) is 0 Å². The van der Waals surface area contributed by atoms with Crippen LogP contribution in [0, 0.1) is 0 Å². The fraction of sp³-hybridized carbons (Fsp3) is 0.179. The molecule has 2 heterocycles. The lowest BCUT2D eigenvalue weighted by atomic mass is 9.86. The second-order valence-corrected chi connectivity index (χ2v) is 9.65. The number of carbonyl (C=O) groups excluding carboxylic acids is 1. The minimum Gasteiger partial charge on any atom is -0.496 e. The molecule has 4 N–H and O–H groups in total. The molecule has 0 saturated carbocycles. The normalized spacial score (nSPS) is 11.6. The Morgan fingerprint density at radius 3 is 2.47 bits per heavy atom. The maximum absolute atomic E-state index is 12.9. The molecule has 182 valence electrons. The topological polar surface area (TPSA) is 112 Å². The molecule has 0 fully saturated rings. The molecular weight excluding hydrogens is 454 g/mol. The number of hydrogen-bond donors (Lipinski definition) is 4. The summed E-state index contributed by atoms with van der Waals surface area (Å²) in [6, 6.07) is 18.8. The van der Waals surface area contributed by atoms with E-state index in [9.17, 15) is 9.59 Å². The van der Waals surface area contributed by atoms with Gasteiger partial charge in [0, 0.05) is 28.9 Å². The number of H-pyrrole nitrogens is 2. The summed E-state index contributed by atoms with van der Waals surface area (Å²) in [7, 11) is 1.63. The van der Waals surface area contributed by atoms with E-state index in [1.54, 1.807) is 13.3 Å². The first kappa shape index (κ1) is 23.2. The zero-order valence-corrected chi connectivity index (χ0v) is 20.5. The third kappa shape index (κ3) is 4.40. The number of methoxy groups -OCH3 is 1. The summed E-state index contributed by atoms with van der Waals surface area (Å²) >= 11 is 0. The van der Waals surface area contributed by atoms with Crippen molar-refractivity contribution in [1.82, 2.24) is 15.0 Å². The standard InChI is InChI=1S/C28H27N5O3/c1-28(2,3)21-11-9-17(14-24(21)36-4)30-26(34)31-22-12-10-18(19-7-5-6-8-20(19)22)16-13-23-25(29-15-16)33-27(35)32-23/h5-15H,1-4H3,(H2,30,31,34)(H2,29,32,33,35). The Morgan fingerprint density at radius 1 is 0.944 bits per heavy atom. The molecule has 8 nitrogen and oxygen atoms in total. The first-order valence-electron chi connectivity index (χ1n) is 11.6. The number of benzene rings is 3. The van der Waals surface area contributed by atoms with Crippen molar-refractivity contribution in [3.63, 3.8) is 0 Å². The molecule has 2 aromatic heterocycles. The van der Waals surface area contributed by atoms with Gasteiger partial charge in [0.1, 0.15) is 5.75 Å². The predicted molar refractivity (Wildman–Crippen MR) is 144 cm³/mol. The highest BCUT2D eigenvalue weighted by atomic mass is 16.5. The van der Waals surface area contributed by atoms with E-state index in [1.165, 1.54) is 0 Å². The van der Waals surface area contributed by atoms with Gasteiger partial charge in [-0.2, -0.15) is 0 Å². The largest absolute Gasteiger partial charge is 0.496 e. The number of nitrogens with one attached hydrogen (secondary N) is 4. The number of amides is 2. The number of pyridine rings is 1. The molecule has 0 spiro atoms. The van der Waals surface area contributed by atoms with E-state index >= 15 is 0 Å². The molecule has 0 atom stereocenters.